The van der Waals surface area contributed by atoms with Crippen molar-refractivity contribution in [2.24, 2.45) is 0 Å². The van der Waals surface area contributed by atoms with E-state index < -0.39 is 33.2 Å². The smallest absolute Gasteiger partial charge is 0.228 e. The Morgan fingerprint density at radius 3 is 1.27 bits per heavy atom. The molecule has 0 N–H and O–H groups in total. The van der Waals surface area contributed by atoms with Gasteiger partial charge >= 0.3 is 11.8 Å². The third-order valence-corrected chi connectivity index (χ3v) is 2.94. The molecule has 0 atom stereocenters. The SMILES string of the molecule is O=S1(=O)CC(F)(F)C(F)(F)C1. The topological polar surface area (TPSA) is 34.1 Å². The summed E-state index contributed by atoms with van der Waals surface area (Å²) in [6.07, 6.45) is 0. The second-order valence-electron chi connectivity index (χ2n) is 2.44. The van der Waals surface area contributed by atoms with E-state index >= 15 is 0 Å². The predicted molar refractivity (Wildman–Crippen MR) is 28.5 cm³/mol. The molecule has 0 bridgehead atoms. The molecule has 0 aromatic carbocycles. The van der Waals surface area contributed by atoms with Gasteiger partial charge in [0, 0.05) is 0 Å². The van der Waals surface area contributed by atoms with Crippen LogP contribution in [0.3, 0.4) is 0 Å². The van der Waals surface area contributed by atoms with E-state index in [0.717, 1.165) is 0 Å². The van der Waals surface area contributed by atoms with Crippen molar-refractivity contribution in [1.29, 1.82) is 0 Å². The van der Waals surface area contributed by atoms with Gasteiger partial charge in [-0.05, 0) is 0 Å². The zero-order chi connectivity index (χ0) is 8.91. The maximum absolute atomic E-state index is 12.1. The fourth-order valence-electron chi connectivity index (χ4n) is 0.815. The maximum atomic E-state index is 12.1. The molecule has 1 fully saturated rings. The predicted octanol–water partition coefficient (Wildman–Crippen LogP) is 0.685. The van der Waals surface area contributed by atoms with Crippen LogP contribution in [-0.2, 0) is 9.84 Å². The summed E-state index contributed by atoms with van der Waals surface area (Å²) in [6, 6.07) is 0. The number of sulfone groups is 1. The van der Waals surface area contributed by atoms with Gasteiger partial charge in [0.2, 0.25) is 0 Å². The van der Waals surface area contributed by atoms with Gasteiger partial charge in [-0.15, -0.1) is 0 Å². The first kappa shape index (κ1) is 8.76. The quantitative estimate of drug-likeness (QED) is 0.529. The molecule has 0 aromatic heterocycles. The molecule has 11 heavy (non-hydrogen) atoms. The van der Waals surface area contributed by atoms with Gasteiger partial charge in [0.25, 0.3) is 0 Å². The Balaban J connectivity index is 3.08. The van der Waals surface area contributed by atoms with Crippen molar-refractivity contribution in [2.75, 3.05) is 11.5 Å². The first-order chi connectivity index (χ1) is 4.66. The van der Waals surface area contributed by atoms with Gasteiger partial charge in [-0.2, -0.15) is 17.6 Å². The Labute approximate surface area is 60.1 Å². The van der Waals surface area contributed by atoms with Gasteiger partial charge in [-0.3, -0.25) is 0 Å². The van der Waals surface area contributed by atoms with Crippen LogP contribution in [0.25, 0.3) is 0 Å². The zero-order valence-electron chi connectivity index (χ0n) is 5.15. The Bertz CT molecular complexity index is 246. The fourth-order valence-corrected chi connectivity index (χ4v) is 2.44. The van der Waals surface area contributed by atoms with Crippen LogP contribution in [0.15, 0.2) is 0 Å². The summed E-state index contributed by atoms with van der Waals surface area (Å²) in [5, 5.41) is 0. The van der Waals surface area contributed by atoms with Gasteiger partial charge in [0.05, 0.1) is 0 Å². The molecule has 2 nitrogen and oxygen atoms in total. The van der Waals surface area contributed by atoms with E-state index in [1.165, 1.54) is 0 Å². The van der Waals surface area contributed by atoms with E-state index in [9.17, 15) is 26.0 Å². The van der Waals surface area contributed by atoms with E-state index in [0.29, 0.717) is 0 Å². The zero-order valence-corrected chi connectivity index (χ0v) is 5.97. The molecule has 1 rings (SSSR count). The van der Waals surface area contributed by atoms with Crippen LogP contribution in [-0.4, -0.2) is 31.8 Å². The largest absolute Gasteiger partial charge is 0.325 e. The molecule has 7 heteroatoms. The van der Waals surface area contributed by atoms with Crippen LogP contribution in [0.5, 0.6) is 0 Å². The molecule has 1 heterocycles. The lowest BCUT2D eigenvalue weighted by Crippen LogP contribution is -2.38. The Morgan fingerprint density at radius 1 is 0.909 bits per heavy atom. The van der Waals surface area contributed by atoms with Crippen LogP contribution in [0.1, 0.15) is 0 Å². The van der Waals surface area contributed by atoms with Crippen molar-refractivity contribution in [1.82, 2.24) is 0 Å². The molecule has 0 amide bonds. The lowest BCUT2D eigenvalue weighted by Gasteiger charge is -2.14. The fraction of sp³-hybridized carbons (Fsp3) is 1.00. The van der Waals surface area contributed by atoms with Gasteiger partial charge in [0.15, 0.2) is 9.84 Å². The van der Waals surface area contributed by atoms with Crippen LogP contribution >= 0.6 is 0 Å². The number of rotatable bonds is 0. The standard InChI is InChI=1S/C4H4F4O2S/c5-3(6)1-11(9,10)2-4(3,7)8/h1-2H2. The Hall–Kier alpha value is -0.330. The molecule has 1 saturated heterocycles. The van der Waals surface area contributed by atoms with E-state index in [2.05, 4.69) is 0 Å². The van der Waals surface area contributed by atoms with Crippen LogP contribution in [0, 0.1) is 0 Å². The maximum Gasteiger partial charge on any atom is 0.325 e. The molecular weight excluding hydrogens is 188 g/mol. The minimum Gasteiger partial charge on any atom is -0.228 e. The molecule has 0 aromatic rings. The van der Waals surface area contributed by atoms with Gasteiger partial charge < -0.3 is 0 Å². The summed E-state index contributed by atoms with van der Waals surface area (Å²) in [4.78, 5) is 0. The minimum absolute atomic E-state index is 1.74. The highest BCUT2D eigenvalue weighted by molar-refractivity contribution is 7.91. The second kappa shape index (κ2) is 1.88. The highest BCUT2D eigenvalue weighted by atomic mass is 32.2. The summed E-state index contributed by atoms with van der Waals surface area (Å²) in [5.74, 6) is -12.3. The molecule has 0 aliphatic carbocycles. The summed E-state index contributed by atoms with van der Waals surface area (Å²) >= 11 is 0. The highest BCUT2D eigenvalue weighted by Crippen LogP contribution is 2.42. The highest BCUT2D eigenvalue weighted by Gasteiger charge is 2.66. The van der Waals surface area contributed by atoms with Crippen LogP contribution < -0.4 is 0 Å². The molecule has 1 aliphatic rings. The second-order valence-corrected chi connectivity index (χ2v) is 4.51. The molecular formula is C4H4F4O2S. The monoisotopic (exact) mass is 192 g/mol. The first-order valence-electron chi connectivity index (χ1n) is 2.62. The average molecular weight is 192 g/mol. The first-order valence-corrected chi connectivity index (χ1v) is 4.45. The molecule has 66 valence electrons. The third-order valence-electron chi connectivity index (χ3n) is 1.34. The van der Waals surface area contributed by atoms with Crippen molar-refractivity contribution in [3.8, 4) is 0 Å². The normalized spacial score (nSPS) is 32.0. The van der Waals surface area contributed by atoms with Crippen molar-refractivity contribution < 1.29 is 26.0 Å². The molecule has 0 unspecified atom stereocenters. The van der Waals surface area contributed by atoms with E-state index in [1.807, 2.05) is 0 Å². The van der Waals surface area contributed by atoms with E-state index in [-0.39, 0.29) is 0 Å². The lowest BCUT2D eigenvalue weighted by molar-refractivity contribution is -0.172. The lowest BCUT2D eigenvalue weighted by atomic mass is 10.2. The van der Waals surface area contributed by atoms with E-state index in [4.69, 9.17) is 0 Å². The van der Waals surface area contributed by atoms with Gasteiger partial charge in [-0.1, -0.05) is 0 Å². The van der Waals surface area contributed by atoms with Gasteiger partial charge in [0.1, 0.15) is 11.5 Å². The third kappa shape index (κ3) is 1.33. The van der Waals surface area contributed by atoms with Crippen LogP contribution in [0.4, 0.5) is 17.6 Å². The summed E-state index contributed by atoms with van der Waals surface area (Å²) < 4.78 is 69.0. The molecule has 0 spiro atoms. The Morgan fingerprint density at radius 2 is 1.18 bits per heavy atom. The van der Waals surface area contributed by atoms with Crippen molar-refractivity contribution >= 4 is 9.84 Å². The summed E-state index contributed by atoms with van der Waals surface area (Å²) in [6.45, 7) is 0. The number of hydrogen-bond acceptors (Lipinski definition) is 2. The summed E-state index contributed by atoms with van der Waals surface area (Å²) in [7, 11) is -4.26. The molecule has 1 aliphatic heterocycles. The minimum atomic E-state index is -4.40. The van der Waals surface area contributed by atoms with Gasteiger partial charge in [-0.25, -0.2) is 8.42 Å². The van der Waals surface area contributed by atoms with Crippen LogP contribution in [0.2, 0.25) is 0 Å². The molecule has 0 radical (unpaired) electrons. The Kier molecular flexibility index (Phi) is 1.50. The average Bonchev–Trinajstić information content (AvgIpc) is 1.66. The number of alkyl halides is 4. The number of halogens is 4. The van der Waals surface area contributed by atoms with Crippen molar-refractivity contribution in [3.05, 3.63) is 0 Å². The van der Waals surface area contributed by atoms with Crippen molar-refractivity contribution in [3.63, 3.8) is 0 Å². The number of hydrogen-bond donors (Lipinski definition) is 0. The summed E-state index contributed by atoms with van der Waals surface area (Å²) in [5.41, 5.74) is 0. The van der Waals surface area contributed by atoms with Crippen molar-refractivity contribution in [2.45, 2.75) is 11.8 Å². The molecule has 0 saturated carbocycles. The van der Waals surface area contributed by atoms with E-state index in [1.54, 1.807) is 0 Å².